The summed E-state index contributed by atoms with van der Waals surface area (Å²) < 4.78 is 4.88. The molecule has 0 spiro atoms. The predicted octanol–water partition coefficient (Wildman–Crippen LogP) is 2.73. The zero-order chi connectivity index (χ0) is 18.5. The third-order valence-electron chi connectivity index (χ3n) is 4.17. The van der Waals surface area contributed by atoms with Gasteiger partial charge in [-0.05, 0) is 19.1 Å². The van der Waals surface area contributed by atoms with Crippen molar-refractivity contribution in [3.8, 4) is 0 Å². The number of nitrogens with zero attached hydrogens (tertiary/aromatic N) is 3. The minimum Gasteiger partial charge on any atom is -0.450 e. The Morgan fingerprint density at radius 2 is 2.12 bits per heavy atom. The molecule has 0 fully saturated rings. The number of likely N-dealkylation sites (N-methyl/N-ethyl adjacent to an activating group) is 1. The fourth-order valence-corrected chi connectivity index (χ4v) is 3.82. The van der Waals surface area contributed by atoms with E-state index in [2.05, 4.69) is 15.2 Å². The number of thiazole rings is 1. The first-order valence-corrected chi connectivity index (χ1v) is 9.34. The van der Waals surface area contributed by atoms with Crippen LogP contribution in [0.3, 0.4) is 0 Å². The number of carbonyl (C=O) groups is 2. The summed E-state index contributed by atoms with van der Waals surface area (Å²) >= 11 is 1.44. The van der Waals surface area contributed by atoms with E-state index in [0.717, 1.165) is 29.2 Å². The molecule has 0 aliphatic carbocycles. The second-order valence-electron chi connectivity index (χ2n) is 5.98. The highest BCUT2D eigenvalue weighted by atomic mass is 32.1. The SMILES string of the molecule is CCOC(=O)Nc1nc2c(s1)CN(CC(=O)N(C)c1ccccc1)CC2. The molecular formula is C18H22N4O3S. The number of ether oxygens (including phenoxy) is 1. The number of fused-ring (bicyclic) bond motifs is 1. The largest absolute Gasteiger partial charge is 0.450 e. The summed E-state index contributed by atoms with van der Waals surface area (Å²) in [4.78, 5) is 33.4. The smallest absolute Gasteiger partial charge is 0.413 e. The van der Waals surface area contributed by atoms with Crippen LogP contribution in [-0.4, -0.2) is 48.6 Å². The summed E-state index contributed by atoms with van der Waals surface area (Å²) in [6.07, 6.45) is 0.272. The number of carbonyl (C=O) groups excluding carboxylic acids is 2. The average molecular weight is 374 g/mol. The van der Waals surface area contributed by atoms with Crippen molar-refractivity contribution in [1.82, 2.24) is 9.88 Å². The van der Waals surface area contributed by atoms with Gasteiger partial charge in [-0.2, -0.15) is 0 Å². The molecule has 1 N–H and O–H groups in total. The van der Waals surface area contributed by atoms with Crippen molar-refractivity contribution in [3.05, 3.63) is 40.9 Å². The monoisotopic (exact) mass is 374 g/mol. The summed E-state index contributed by atoms with van der Waals surface area (Å²) in [6, 6.07) is 9.61. The van der Waals surface area contributed by atoms with Crippen LogP contribution >= 0.6 is 11.3 Å². The number of aromatic nitrogens is 1. The summed E-state index contributed by atoms with van der Waals surface area (Å²) in [7, 11) is 1.79. The molecule has 0 saturated carbocycles. The van der Waals surface area contributed by atoms with Crippen molar-refractivity contribution >= 4 is 34.2 Å². The predicted molar refractivity (Wildman–Crippen MR) is 102 cm³/mol. The van der Waals surface area contributed by atoms with E-state index in [1.165, 1.54) is 11.3 Å². The molecule has 0 atom stereocenters. The Balaban J connectivity index is 1.59. The lowest BCUT2D eigenvalue weighted by molar-refractivity contribution is -0.119. The number of amides is 2. The molecule has 1 aliphatic rings. The molecule has 138 valence electrons. The van der Waals surface area contributed by atoms with E-state index in [9.17, 15) is 9.59 Å². The topological polar surface area (TPSA) is 74.8 Å². The van der Waals surface area contributed by atoms with Crippen molar-refractivity contribution in [2.24, 2.45) is 0 Å². The minimum absolute atomic E-state index is 0.0500. The van der Waals surface area contributed by atoms with Gasteiger partial charge in [0.1, 0.15) is 0 Å². The van der Waals surface area contributed by atoms with Gasteiger partial charge in [0.05, 0.1) is 18.8 Å². The van der Waals surface area contributed by atoms with Crippen LogP contribution in [0.5, 0.6) is 0 Å². The molecule has 8 heteroatoms. The Bertz CT molecular complexity index is 778. The van der Waals surface area contributed by atoms with Crippen LogP contribution in [0.15, 0.2) is 30.3 Å². The number of rotatable bonds is 5. The molecule has 3 rings (SSSR count). The van der Waals surface area contributed by atoms with E-state index in [-0.39, 0.29) is 5.91 Å². The fourth-order valence-electron chi connectivity index (χ4n) is 2.78. The second kappa shape index (κ2) is 8.29. The number of benzene rings is 1. The molecule has 0 unspecified atom stereocenters. The standard InChI is InChI=1S/C18H22N4O3S/c1-3-25-18(24)20-17-19-14-9-10-22(11-15(14)26-17)12-16(23)21(2)13-7-5-4-6-8-13/h4-8H,3,9-12H2,1-2H3,(H,19,20,24). The highest BCUT2D eigenvalue weighted by Crippen LogP contribution is 2.28. The highest BCUT2D eigenvalue weighted by Gasteiger charge is 2.24. The molecule has 2 amide bonds. The van der Waals surface area contributed by atoms with E-state index >= 15 is 0 Å². The zero-order valence-corrected chi connectivity index (χ0v) is 15.7. The zero-order valence-electron chi connectivity index (χ0n) is 14.9. The lowest BCUT2D eigenvalue weighted by atomic mass is 10.2. The van der Waals surface area contributed by atoms with Crippen LogP contribution in [-0.2, 0) is 22.5 Å². The van der Waals surface area contributed by atoms with E-state index in [1.54, 1.807) is 18.9 Å². The molecule has 7 nitrogen and oxygen atoms in total. The van der Waals surface area contributed by atoms with Gasteiger partial charge in [0.15, 0.2) is 5.13 Å². The molecule has 1 aliphatic heterocycles. The average Bonchev–Trinajstić information content (AvgIpc) is 3.03. The molecule has 2 aromatic rings. The summed E-state index contributed by atoms with van der Waals surface area (Å²) in [5, 5.41) is 3.19. The first-order chi connectivity index (χ1) is 12.6. The fraction of sp³-hybridized carbons (Fsp3) is 0.389. The summed E-state index contributed by atoms with van der Waals surface area (Å²) in [5.41, 5.74) is 1.87. The molecule has 2 heterocycles. The number of hydrogen-bond acceptors (Lipinski definition) is 6. The van der Waals surface area contributed by atoms with Crippen molar-refractivity contribution in [2.45, 2.75) is 19.9 Å². The maximum atomic E-state index is 12.5. The number of nitrogens with one attached hydrogen (secondary N) is 1. The number of para-hydroxylation sites is 1. The quantitative estimate of drug-likeness (QED) is 0.871. The van der Waals surface area contributed by atoms with E-state index in [4.69, 9.17) is 4.74 Å². The highest BCUT2D eigenvalue weighted by molar-refractivity contribution is 7.15. The third kappa shape index (κ3) is 4.39. The maximum Gasteiger partial charge on any atom is 0.413 e. The first-order valence-electron chi connectivity index (χ1n) is 8.53. The van der Waals surface area contributed by atoms with Crippen LogP contribution in [0, 0.1) is 0 Å². The number of anilines is 2. The Labute approximate surface area is 156 Å². The summed E-state index contributed by atoms with van der Waals surface area (Å²) in [5.74, 6) is 0.0500. The number of hydrogen-bond donors (Lipinski definition) is 1. The van der Waals surface area contributed by atoms with Gasteiger partial charge in [-0.15, -0.1) is 0 Å². The van der Waals surface area contributed by atoms with Crippen molar-refractivity contribution in [3.63, 3.8) is 0 Å². The summed E-state index contributed by atoms with van der Waals surface area (Å²) in [6.45, 7) is 3.86. The van der Waals surface area contributed by atoms with E-state index in [1.807, 2.05) is 30.3 Å². The Kier molecular flexibility index (Phi) is 5.85. The van der Waals surface area contributed by atoms with Gasteiger partial charge in [0.25, 0.3) is 0 Å². The van der Waals surface area contributed by atoms with Gasteiger partial charge in [0, 0.05) is 37.1 Å². The first kappa shape index (κ1) is 18.3. The van der Waals surface area contributed by atoms with Crippen LogP contribution in [0.2, 0.25) is 0 Å². The van der Waals surface area contributed by atoms with Gasteiger partial charge in [-0.1, -0.05) is 29.5 Å². The Morgan fingerprint density at radius 3 is 2.85 bits per heavy atom. The van der Waals surface area contributed by atoms with Crippen molar-refractivity contribution in [1.29, 1.82) is 0 Å². The lowest BCUT2D eigenvalue weighted by Gasteiger charge is -2.27. The molecule has 1 aromatic carbocycles. The van der Waals surface area contributed by atoms with Crippen LogP contribution in [0.1, 0.15) is 17.5 Å². The lowest BCUT2D eigenvalue weighted by Crippen LogP contribution is -2.40. The maximum absolute atomic E-state index is 12.5. The molecule has 0 radical (unpaired) electrons. The second-order valence-corrected chi connectivity index (χ2v) is 7.07. The van der Waals surface area contributed by atoms with Crippen molar-refractivity contribution < 1.29 is 14.3 Å². The van der Waals surface area contributed by atoms with Gasteiger partial charge in [-0.3, -0.25) is 15.0 Å². The van der Waals surface area contributed by atoms with Gasteiger partial charge >= 0.3 is 6.09 Å². The minimum atomic E-state index is -0.491. The Hall–Kier alpha value is -2.45. The van der Waals surface area contributed by atoms with Gasteiger partial charge in [0.2, 0.25) is 5.91 Å². The van der Waals surface area contributed by atoms with E-state index < -0.39 is 6.09 Å². The molecular weight excluding hydrogens is 352 g/mol. The third-order valence-corrected chi connectivity index (χ3v) is 5.17. The van der Waals surface area contributed by atoms with Gasteiger partial charge < -0.3 is 9.64 Å². The van der Waals surface area contributed by atoms with Gasteiger partial charge in [-0.25, -0.2) is 9.78 Å². The molecule has 0 saturated heterocycles. The van der Waals surface area contributed by atoms with Crippen LogP contribution in [0.4, 0.5) is 15.6 Å². The molecule has 0 bridgehead atoms. The molecule has 26 heavy (non-hydrogen) atoms. The van der Waals surface area contributed by atoms with Crippen LogP contribution < -0.4 is 10.2 Å². The molecule has 1 aromatic heterocycles. The normalized spacial score (nSPS) is 13.8. The van der Waals surface area contributed by atoms with Crippen molar-refractivity contribution in [2.75, 3.05) is 37.0 Å². The van der Waals surface area contributed by atoms with E-state index in [0.29, 0.717) is 24.8 Å². The Morgan fingerprint density at radius 1 is 1.35 bits per heavy atom. The van der Waals surface area contributed by atoms with Crippen LogP contribution in [0.25, 0.3) is 0 Å².